The van der Waals surface area contributed by atoms with Crippen LogP contribution in [0, 0.1) is 0 Å². The maximum Gasteiger partial charge on any atom is 0.338 e. The van der Waals surface area contributed by atoms with Gasteiger partial charge in [-0.25, -0.2) is 9.79 Å². The fourth-order valence-corrected chi connectivity index (χ4v) is 5.07. The summed E-state index contributed by atoms with van der Waals surface area (Å²) in [6.45, 7) is 2.98. The SMILES string of the molecule is COC(=O)C1=C(C)N=c2s/c(=C\c3ccccc3OC)c(=O)n2C1c1ccc(OC(C)=O)c(OC)c1. The number of hydrogen-bond donors (Lipinski definition) is 0. The molecule has 0 spiro atoms. The number of carbonyl (C=O) groups excluding carboxylic acids is 2. The van der Waals surface area contributed by atoms with Crippen molar-refractivity contribution in [2.75, 3.05) is 21.3 Å². The second-order valence-electron chi connectivity index (χ2n) is 7.82. The Morgan fingerprint density at radius 3 is 2.42 bits per heavy atom. The molecular weight excluding hydrogens is 484 g/mol. The minimum absolute atomic E-state index is 0.219. The summed E-state index contributed by atoms with van der Waals surface area (Å²) in [7, 11) is 4.27. The number of nitrogens with zero attached hydrogens (tertiary/aromatic N) is 2. The number of rotatable bonds is 6. The third-order valence-corrected chi connectivity index (χ3v) is 6.59. The lowest BCUT2D eigenvalue weighted by atomic mass is 9.95. The monoisotopic (exact) mass is 508 g/mol. The summed E-state index contributed by atoms with van der Waals surface area (Å²) in [6, 6.07) is 11.4. The lowest BCUT2D eigenvalue weighted by Crippen LogP contribution is -2.39. The highest BCUT2D eigenvalue weighted by molar-refractivity contribution is 7.07. The van der Waals surface area contributed by atoms with E-state index in [-0.39, 0.29) is 22.6 Å². The lowest BCUT2D eigenvalue weighted by molar-refractivity contribution is -0.136. The van der Waals surface area contributed by atoms with Gasteiger partial charge in [-0.3, -0.25) is 14.2 Å². The fourth-order valence-electron chi connectivity index (χ4n) is 4.03. The maximum atomic E-state index is 13.7. The van der Waals surface area contributed by atoms with Gasteiger partial charge in [0.25, 0.3) is 5.56 Å². The summed E-state index contributed by atoms with van der Waals surface area (Å²) < 4.78 is 23.0. The van der Waals surface area contributed by atoms with Crippen LogP contribution in [-0.2, 0) is 14.3 Å². The molecule has 3 aromatic rings. The quantitative estimate of drug-likeness (QED) is 0.372. The average molecular weight is 509 g/mol. The molecule has 0 radical (unpaired) electrons. The molecule has 0 bridgehead atoms. The third-order valence-electron chi connectivity index (χ3n) is 5.61. The molecule has 1 atom stereocenters. The van der Waals surface area contributed by atoms with Gasteiger partial charge < -0.3 is 18.9 Å². The number of esters is 2. The first kappa shape index (κ1) is 24.9. The molecule has 1 aromatic heterocycles. The van der Waals surface area contributed by atoms with Gasteiger partial charge >= 0.3 is 11.9 Å². The van der Waals surface area contributed by atoms with Gasteiger partial charge in [0.15, 0.2) is 16.3 Å². The van der Waals surface area contributed by atoms with Gasteiger partial charge in [0.2, 0.25) is 0 Å². The van der Waals surface area contributed by atoms with E-state index < -0.39 is 18.0 Å². The highest BCUT2D eigenvalue weighted by Gasteiger charge is 2.33. The van der Waals surface area contributed by atoms with Crippen molar-refractivity contribution in [3.05, 3.63) is 84.5 Å². The lowest BCUT2D eigenvalue weighted by Gasteiger charge is -2.25. The number of allylic oxidation sites excluding steroid dienone is 1. The second-order valence-corrected chi connectivity index (χ2v) is 8.83. The first-order chi connectivity index (χ1) is 17.3. The van der Waals surface area contributed by atoms with Crippen molar-refractivity contribution in [3.8, 4) is 17.2 Å². The fraction of sp³-hybridized carbons (Fsp3) is 0.231. The molecule has 1 aliphatic heterocycles. The summed E-state index contributed by atoms with van der Waals surface area (Å²) in [5, 5.41) is 0. The molecule has 1 unspecified atom stereocenters. The van der Waals surface area contributed by atoms with Crippen molar-refractivity contribution in [3.63, 3.8) is 0 Å². The summed E-state index contributed by atoms with van der Waals surface area (Å²) in [6.07, 6.45) is 1.74. The average Bonchev–Trinajstić information content (AvgIpc) is 3.17. The molecule has 0 saturated carbocycles. The van der Waals surface area contributed by atoms with Gasteiger partial charge in [0, 0.05) is 12.5 Å². The third kappa shape index (κ3) is 4.55. The van der Waals surface area contributed by atoms with Gasteiger partial charge in [-0.2, -0.15) is 0 Å². The standard InChI is InChI=1S/C26H24N2O7S/c1-14-22(25(31)34-5)23(17-10-11-19(35-15(2)29)20(12-17)33-4)28-24(30)21(36-26(28)27-14)13-16-8-6-7-9-18(16)32-3/h6-13,23H,1-5H3/b21-13-. The topological polar surface area (TPSA) is 105 Å². The van der Waals surface area contributed by atoms with Crippen LogP contribution in [0.1, 0.15) is 31.0 Å². The van der Waals surface area contributed by atoms with E-state index in [0.717, 1.165) is 5.56 Å². The van der Waals surface area contributed by atoms with Gasteiger partial charge in [0.1, 0.15) is 5.75 Å². The molecule has 1 aliphatic rings. The van der Waals surface area contributed by atoms with Crippen molar-refractivity contribution in [1.29, 1.82) is 0 Å². The Kier molecular flexibility index (Phi) is 7.07. The predicted molar refractivity (Wildman–Crippen MR) is 133 cm³/mol. The Balaban J connectivity index is 1.97. The van der Waals surface area contributed by atoms with Crippen LogP contribution in [0.2, 0.25) is 0 Å². The van der Waals surface area contributed by atoms with Crippen molar-refractivity contribution in [2.24, 2.45) is 4.99 Å². The highest BCUT2D eigenvalue weighted by Crippen LogP contribution is 2.36. The second kappa shape index (κ2) is 10.2. The van der Waals surface area contributed by atoms with E-state index >= 15 is 0 Å². The molecular formula is C26H24N2O7S. The maximum absolute atomic E-state index is 13.7. The van der Waals surface area contributed by atoms with Gasteiger partial charge in [-0.05, 0) is 36.8 Å². The summed E-state index contributed by atoms with van der Waals surface area (Å²) in [4.78, 5) is 43.0. The molecule has 10 heteroatoms. The minimum atomic E-state index is -0.839. The minimum Gasteiger partial charge on any atom is -0.496 e. The molecule has 36 heavy (non-hydrogen) atoms. The summed E-state index contributed by atoms with van der Waals surface area (Å²) >= 11 is 1.21. The zero-order valence-corrected chi connectivity index (χ0v) is 21.2. The van der Waals surface area contributed by atoms with E-state index in [9.17, 15) is 14.4 Å². The number of hydrogen-bond acceptors (Lipinski definition) is 9. The summed E-state index contributed by atoms with van der Waals surface area (Å²) in [5.41, 5.74) is 1.61. The molecule has 2 heterocycles. The number of ether oxygens (including phenoxy) is 4. The van der Waals surface area contributed by atoms with Crippen LogP contribution in [0.4, 0.5) is 0 Å². The molecule has 0 amide bonds. The van der Waals surface area contributed by atoms with E-state index in [2.05, 4.69) is 4.99 Å². The zero-order chi connectivity index (χ0) is 26.0. The zero-order valence-electron chi connectivity index (χ0n) is 20.4. The van der Waals surface area contributed by atoms with Crippen LogP contribution < -0.4 is 29.1 Å². The first-order valence-electron chi connectivity index (χ1n) is 10.9. The molecule has 0 fully saturated rings. The van der Waals surface area contributed by atoms with Crippen molar-refractivity contribution in [2.45, 2.75) is 19.9 Å². The molecule has 2 aromatic carbocycles. The Bertz CT molecular complexity index is 1570. The first-order valence-corrected chi connectivity index (χ1v) is 11.7. The van der Waals surface area contributed by atoms with E-state index in [0.29, 0.717) is 26.3 Å². The van der Waals surface area contributed by atoms with Crippen molar-refractivity contribution < 1.29 is 28.5 Å². The van der Waals surface area contributed by atoms with Crippen LogP contribution in [-0.4, -0.2) is 37.8 Å². The van der Waals surface area contributed by atoms with Crippen LogP contribution in [0.25, 0.3) is 6.08 Å². The Labute approximate surface area is 210 Å². The normalized spacial score (nSPS) is 15.1. The van der Waals surface area contributed by atoms with E-state index in [1.807, 2.05) is 24.3 Å². The number of benzene rings is 2. The van der Waals surface area contributed by atoms with Crippen LogP contribution in [0.5, 0.6) is 17.2 Å². The Morgan fingerprint density at radius 2 is 1.75 bits per heavy atom. The van der Waals surface area contributed by atoms with Gasteiger partial charge in [0.05, 0.1) is 43.2 Å². The molecule has 186 valence electrons. The number of methoxy groups -OCH3 is 3. The number of aromatic nitrogens is 1. The van der Waals surface area contributed by atoms with Crippen molar-refractivity contribution in [1.82, 2.24) is 4.57 Å². The van der Waals surface area contributed by atoms with Gasteiger partial charge in [-0.15, -0.1) is 0 Å². The summed E-state index contributed by atoms with van der Waals surface area (Å²) in [5.74, 6) is 0.00661. The van der Waals surface area contributed by atoms with Gasteiger partial charge in [-0.1, -0.05) is 35.6 Å². The van der Waals surface area contributed by atoms with Crippen LogP contribution in [0.15, 0.2) is 63.5 Å². The number of carbonyl (C=O) groups is 2. The molecule has 4 rings (SSSR count). The van der Waals surface area contributed by atoms with Crippen LogP contribution >= 0.6 is 11.3 Å². The molecule has 9 nitrogen and oxygen atoms in total. The van der Waals surface area contributed by atoms with Crippen LogP contribution in [0.3, 0.4) is 0 Å². The van der Waals surface area contributed by atoms with E-state index in [4.69, 9.17) is 18.9 Å². The smallest absolute Gasteiger partial charge is 0.338 e. The predicted octanol–water partition coefficient (Wildman–Crippen LogP) is 2.35. The number of fused-ring (bicyclic) bond motifs is 1. The Hall–Kier alpha value is -4.18. The van der Waals surface area contributed by atoms with E-state index in [1.54, 1.807) is 38.3 Å². The molecule has 0 N–H and O–H groups in total. The van der Waals surface area contributed by atoms with Crippen molar-refractivity contribution >= 4 is 29.4 Å². The highest BCUT2D eigenvalue weighted by atomic mass is 32.1. The number of thiazole rings is 1. The largest absolute Gasteiger partial charge is 0.496 e. The Morgan fingerprint density at radius 1 is 1.03 bits per heavy atom. The number of para-hydroxylation sites is 1. The molecule has 0 aliphatic carbocycles. The molecule has 0 saturated heterocycles. The van der Waals surface area contributed by atoms with E-state index in [1.165, 1.54) is 37.0 Å².